The Morgan fingerprint density at radius 1 is 1.32 bits per heavy atom. The highest BCUT2D eigenvalue weighted by molar-refractivity contribution is 7.89. The highest BCUT2D eigenvalue weighted by Gasteiger charge is 2.19. The van der Waals surface area contributed by atoms with Gasteiger partial charge in [-0.25, -0.2) is 22.9 Å². The maximum absolute atomic E-state index is 12.5. The number of carbonyl (C=O) groups excluding carboxylic acids is 1. The predicted octanol–water partition coefficient (Wildman–Crippen LogP) is 3.44. The number of nitrogens with zero attached hydrogens (tertiary/aromatic N) is 1. The third-order valence-electron chi connectivity index (χ3n) is 4.01. The Kier molecular flexibility index (Phi) is 6.28. The number of thiazole rings is 1. The van der Waals surface area contributed by atoms with Crippen LogP contribution in [-0.4, -0.2) is 19.4 Å². The van der Waals surface area contributed by atoms with Crippen LogP contribution in [0.5, 0.6) is 0 Å². The summed E-state index contributed by atoms with van der Waals surface area (Å²) in [6.07, 6.45) is 2.29. The molecule has 28 heavy (non-hydrogen) atoms. The van der Waals surface area contributed by atoms with Gasteiger partial charge in [0.25, 0.3) is 0 Å². The van der Waals surface area contributed by atoms with E-state index < -0.39 is 16.0 Å². The first-order valence-corrected chi connectivity index (χ1v) is 11.0. The van der Waals surface area contributed by atoms with Crippen molar-refractivity contribution >= 4 is 27.3 Å². The molecule has 9 heteroatoms. The minimum atomic E-state index is -3.80. The van der Waals surface area contributed by atoms with Gasteiger partial charge in [-0.3, -0.25) is 0 Å². The van der Waals surface area contributed by atoms with Crippen LogP contribution in [0.3, 0.4) is 0 Å². The zero-order chi connectivity index (χ0) is 20.1. The highest BCUT2D eigenvalue weighted by atomic mass is 32.2. The second kappa shape index (κ2) is 8.68. The largest absolute Gasteiger partial charge is 0.468 e. The van der Waals surface area contributed by atoms with Crippen LogP contribution < -0.4 is 4.72 Å². The lowest BCUT2D eigenvalue weighted by Crippen LogP contribution is -2.23. The highest BCUT2D eigenvalue weighted by Crippen LogP contribution is 2.18. The van der Waals surface area contributed by atoms with Gasteiger partial charge in [-0.05, 0) is 43.2 Å². The fourth-order valence-corrected chi connectivity index (χ4v) is 4.19. The standard InChI is InChI=1S/C19H20N2O5S2/c1-3-18-21-14(12-27-18)11-26-19(22)17-9-16(7-6-13(17)2)28(23,24)20-10-15-5-4-8-25-15/h4-9,12,20H,3,10-11H2,1-2H3. The number of aromatic nitrogens is 1. The minimum Gasteiger partial charge on any atom is -0.468 e. The Labute approximate surface area is 167 Å². The number of furan rings is 1. The molecule has 0 fully saturated rings. The summed E-state index contributed by atoms with van der Waals surface area (Å²) in [5.41, 5.74) is 1.51. The van der Waals surface area contributed by atoms with E-state index in [2.05, 4.69) is 9.71 Å². The molecular formula is C19H20N2O5S2. The molecule has 0 amide bonds. The minimum absolute atomic E-state index is 0.0152. The van der Waals surface area contributed by atoms with Gasteiger partial charge in [0.2, 0.25) is 10.0 Å². The van der Waals surface area contributed by atoms with Gasteiger partial charge in [0, 0.05) is 5.38 Å². The van der Waals surface area contributed by atoms with Crippen molar-refractivity contribution in [1.29, 1.82) is 0 Å². The van der Waals surface area contributed by atoms with Gasteiger partial charge in [0.15, 0.2) is 0 Å². The molecule has 0 saturated heterocycles. The molecule has 148 valence electrons. The van der Waals surface area contributed by atoms with E-state index in [-0.39, 0.29) is 23.6 Å². The molecule has 2 heterocycles. The lowest BCUT2D eigenvalue weighted by Gasteiger charge is -2.10. The number of hydrogen-bond donors (Lipinski definition) is 1. The first-order valence-electron chi connectivity index (χ1n) is 8.62. The quantitative estimate of drug-likeness (QED) is 0.561. The Bertz CT molecular complexity index is 1060. The number of nitrogens with one attached hydrogen (secondary N) is 1. The summed E-state index contributed by atoms with van der Waals surface area (Å²) in [5, 5.41) is 2.82. The molecule has 0 spiro atoms. The topological polar surface area (TPSA) is 98.5 Å². The van der Waals surface area contributed by atoms with E-state index in [4.69, 9.17) is 9.15 Å². The van der Waals surface area contributed by atoms with E-state index in [1.807, 2.05) is 12.3 Å². The lowest BCUT2D eigenvalue weighted by atomic mass is 10.1. The molecular weight excluding hydrogens is 400 g/mol. The normalized spacial score (nSPS) is 11.5. The summed E-state index contributed by atoms with van der Waals surface area (Å²) < 4.78 is 37.9. The fraction of sp³-hybridized carbons (Fsp3) is 0.263. The van der Waals surface area contributed by atoms with Crippen molar-refractivity contribution in [2.45, 2.75) is 38.3 Å². The molecule has 1 aromatic carbocycles. The van der Waals surface area contributed by atoms with Crippen molar-refractivity contribution in [1.82, 2.24) is 9.71 Å². The van der Waals surface area contributed by atoms with Crippen LogP contribution >= 0.6 is 11.3 Å². The zero-order valence-corrected chi connectivity index (χ0v) is 17.1. The molecule has 0 radical (unpaired) electrons. The van der Waals surface area contributed by atoms with Crippen LogP contribution in [0.2, 0.25) is 0 Å². The molecule has 7 nitrogen and oxygen atoms in total. The van der Waals surface area contributed by atoms with Crippen molar-refractivity contribution in [3.8, 4) is 0 Å². The fourth-order valence-electron chi connectivity index (χ4n) is 2.45. The van der Waals surface area contributed by atoms with Gasteiger partial charge in [-0.2, -0.15) is 0 Å². The summed E-state index contributed by atoms with van der Waals surface area (Å²) in [6.45, 7) is 3.79. The Morgan fingerprint density at radius 3 is 2.82 bits per heavy atom. The van der Waals surface area contributed by atoms with Crippen LogP contribution in [0, 0.1) is 6.92 Å². The molecule has 0 aliphatic rings. The third-order valence-corrected chi connectivity index (χ3v) is 6.45. The molecule has 0 aliphatic carbocycles. The van der Waals surface area contributed by atoms with Crippen LogP contribution in [-0.2, 0) is 34.3 Å². The maximum atomic E-state index is 12.5. The summed E-state index contributed by atoms with van der Waals surface area (Å²) >= 11 is 1.51. The number of sulfonamides is 1. The van der Waals surface area contributed by atoms with Crippen LogP contribution in [0.15, 0.2) is 51.3 Å². The average molecular weight is 421 g/mol. The summed E-state index contributed by atoms with van der Waals surface area (Å²) in [4.78, 5) is 16.8. The molecule has 0 saturated carbocycles. The van der Waals surface area contributed by atoms with E-state index in [1.165, 1.54) is 29.7 Å². The molecule has 3 aromatic rings. The summed E-state index contributed by atoms with van der Waals surface area (Å²) in [5.74, 6) is -0.100. The molecule has 0 aliphatic heterocycles. The number of ether oxygens (including phenoxy) is 1. The van der Waals surface area contributed by atoms with E-state index in [9.17, 15) is 13.2 Å². The van der Waals surface area contributed by atoms with Crippen LogP contribution in [0.4, 0.5) is 0 Å². The first-order chi connectivity index (χ1) is 13.4. The van der Waals surface area contributed by atoms with E-state index >= 15 is 0 Å². The zero-order valence-electron chi connectivity index (χ0n) is 15.5. The van der Waals surface area contributed by atoms with Gasteiger partial charge in [0.05, 0.1) is 34.0 Å². The number of carbonyl (C=O) groups is 1. The predicted molar refractivity (Wildman–Crippen MR) is 105 cm³/mol. The SMILES string of the molecule is CCc1nc(COC(=O)c2cc(S(=O)(=O)NCc3ccco3)ccc2C)cs1. The van der Waals surface area contributed by atoms with Crippen molar-refractivity contribution in [3.63, 3.8) is 0 Å². The van der Waals surface area contributed by atoms with Gasteiger partial charge >= 0.3 is 5.97 Å². The van der Waals surface area contributed by atoms with E-state index in [1.54, 1.807) is 25.1 Å². The number of rotatable bonds is 8. The van der Waals surface area contributed by atoms with Crippen molar-refractivity contribution in [3.05, 3.63) is 69.6 Å². The van der Waals surface area contributed by atoms with E-state index in [0.717, 1.165) is 11.4 Å². The summed E-state index contributed by atoms with van der Waals surface area (Å²) in [7, 11) is -3.80. The number of aryl methyl sites for hydroxylation is 2. The van der Waals surface area contributed by atoms with Crippen molar-refractivity contribution in [2.24, 2.45) is 0 Å². The molecule has 2 aromatic heterocycles. The number of esters is 1. The molecule has 0 bridgehead atoms. The maximum Gasteiger partial charge on any atom is 0.338 e. The molecule has 3 rings (SSSR count). The van der Waals surface area contributed by atoms with Crippen molar-refractivity contribution < 1.29 is 22.4 Å². The molecule has 0 unspecified atom stereocenters. The first kappa shape index (κ1) is 20.2. The summed E-state index contributed by atoms with van der Waals surface area (Å²) in [6, 6.07) is 7.69. The average Bonchev–Trinajstić information content (AvgIpc) is 3.36. The Balaban J connectivity index is 1.71. The van der Waals surface area contributed by atoms with Crippen LogP contribution in [0.25, 0.3) is 0 Å². The lowest BCUT2D eigenvalue weighted by molar-refractivity contribution is 0.0467. The smallest absolute Gasteiger partial charge is 0.338 e. The molecule has 1 N–H and O–H groups in total. The Hall–Kier alpha value is -2.49. The molecule has 0 atom stereocenters. The number of hydrogen-bond acceptors (Lipinski definition) is 7. The van der Waals surface area contributed by atoms with Crippen LogP contribution in [0.1, 0.15) is 39.3 Å². The Morgan fingerprint density at radius 2 is 2.14 bits per heavy atom. The second-order valence-corrected chi connectivity index (χ2v) is 8.75. The van der Waals surface area contributed by atoms with E-state index in [0.29, 0.717) is 17.0 Å². The van der Waals surface area contributed by atoms with Gasteiger partial charge < -0.3 is 9.15 Å². The third kappa shape index (κ3) is 4.86. The monoisotopic (exact) mass is 420 g/mol. The second-order valence-electron chi connectivity index (χ2n) is 6.04. The number of benzene rings is 1. The van der Waals surface area contributed by atoms with Gasteiger partial charge in [0.1, 0.15) is 12.4 Å². The van der Waals surface area contributed by atoms with Gasteiger partial charge in [-0.15, -0.1) is 11.3 Å². The van der Waals surface area contributed by atoms with Crippen molar-refractivity contribution in [2.75, 3.05) is 0 Å². The van der Waals surface area contributed by atoms with Gasteiger partial charge in [-0.1, -0.05) is 13.0 Å².